The van der Waals surface area contributed by atoms with Gasteiger partial charge in [0.2, 0.25) is 0 Å². The first-order valence-corrected chi connectivity index (χ1v) is 7.52. The smallest absolute Gasteiger partial charge is 0.110 e. The number of thiazole rings is 1. The standard InChI is InChI=1S/C11H18N2S2/c1-8-6-15-11(13-8)9(2)12-5-10-3-4-14-7-10/h6,9-10,12H,3-5,7H2,1-2H3. The van der Waals surface area contributed by atoms with E-state index in [0.717, 1.165) is 18.2 Å². The first-order chi connectivity index (χ1) is 7.25. The summed E-state index contributed by atoms with van der Waals surface area (Å²) in [4.78, 5) is 4.51. The summed E-state index contributed by atoms with van der Waals surface area (Å²) in [5, 5.41) is 6.93. The first-order valence-electron chi connectivity index (χ1n) is 5.49. The van der Waals surface area contributed by atoms with E-state index in [2.05, 4.69) is 41.3 Å². The highest BCUT2D eigenvalue weighted by molar-refractivity contribution is 7.99. The molecule has 1 saturated heterocycles. The lowest BCUT2D eigenvalue weighted by molar-refractivity contribution is 0.476. The topological polar surface area (TPSA) is 24.9 Å². The number of nitrogens with one attached hydrogen (secondary N) is 1. The molecule has 2 rings (SSSR count). The second-order valence-electron chi connectivity index (χ2n) is 4.19. The zero-order valence-corrected chi connectivity index (χ0v) is 11.0. The van der Waals surface area contributed by atoms with Crippen LogP contribution in [0, 0.1) is 12.8 Å². The van der Waals surface area contributed by atoms with Gasteiger partial charge in [0.25, 0.3) is 0 Å². The molecule has 15 heavy (non-hydrogen) atoms. The van der Waals surface area contributed by atoms with Crippen LogP contribution in [0.2, 0.25) is 0 Å². The maximum atomic E-state index is 4.51. The van der Waals surface area contributed by atoms with Crippen molar-refractivity contribution in [3.8, 4) is 0 Å². The van der Waals surface area contributed by atoms with E-state index < -0.39 is 0 Å². The summed E-state index contributed by atoms with van der Waals surface area (Å²) < 4.78 is 0. The maximum absolute atomic E-state index is 4.51. The normalized spacial score (nSPS) is 23.2. The summed E-state index contributed by atoms with van der Waals surface area (Å²) in [6.45, 7) is 5.41. The van der Waals surface area contributed by atoms with Crippen molar-refractivity contribution < 1.29 is 0 Å². The molecule has 2 heterocycles. The quantitative estimate of drug-likeness (QED) is 0.879. The van der Waals surface area contributed by atoms with Crippen LogP contribution in [-0.4, -0.2) is 23.0 Å². The first kappa shape index (κ1) is 11.4. The number of thioether (sulfide) groups is 1. The number of nitrogens with zero attached hydrogens (tertiary/aromatic N) is 1. The number of aryl methyl sites for hydroxylation is 1. The SMILES string of the molecule is Cc1csc(C(C)NCC2CCSC2)n1. The molecule has 0 aromatic carbocycles. The van der Waals surface area contributed by atoms with Gasteiger partial charge in [-0.15, -0.1) is 11.3 Å². The highest BCUT2D eigenvalue weighted by Gasteiger charge is 2.17. The molecule has 1 fully saturated rings. The fraction of sp³-hybridized carbons (Fsp3) is 0.727. The van der Waals surface area contributed by atoms with Crippen molar-refractivity contribution in [3.63, 3.8) is 0 Å². The van der Waals surface area contributed by atoms with Crippen molar-refractivity contribution in [1.82, 2.24) is 10.3 Å². The van der Waals surface area contributed by atoms with E-state index in [1.54, 1.807) is 11.3 Å². The summed E-state index contributed by atoms with van der Waals surface area (Å²) in [6, 6.07) is 0.411. The Labute approximate surface area is 99.9 Å². The molecule has 0 amide bonds. The van der Waals surface area contributed by atoms with E-state index in [9.17, 15) is 0 Å². The zero-order valence-electron chi connectivity index (χ0n) is 9.32. The fourth-order valence-corrected chi connectivity index (χ4v) is 3.86. The third-order valence-electron chi connectivity index (χ3n) is 2.74. The van der Waals surface area contributed by atoms with Gasteiger partial charge >= 0.3 is 0 Å². The number of hydrogen-bond acceptors (Lipinski definition) is 4. The van der Waals surface area contributed by atoms with Crippen molar-refractivity contribution in [2.75, 3.05) is 18.1 Å². The van der Waals surface area contributed by atoms with Crippen LogP contribution in [0.5, 0.6) is 0 Å². The molecule has 0 bridgehead atoms. The molecular formula is C11H18N2S2. The summed E-state index contributed by atoms with van der Waals surface area (Å²) >= 11 is 3.84. The van der Waals surface area contributed by atoms with Crippen LogP contribution in [0.4, 0.5) is 0 Å². The molecule has 2 atom stereocenters. The molecule has 0 spiro atoms. The van der Waals surface area contributed by atoms with E-state index in [-0.39, 0.29) is 0 Å². The van der Waals surface area contributed by atoms with Crippen LogP contribution < -0.4 is 5.32 Å². The van der Waals surface area contributed by atoms with Crippen LogP contribution in [0.25, 0.3) is 0 Å². The van der Waals surface area contributed by atoms with Crippen molar-refractivity contribution in [2.45, 2.75) is 26.3 Å². The monoisotopic (exact) mass is 242 g/mol. The molecular weight excluding hydrogens is 224 g/mol. The second kappa shape index (κ2) is 5.32. The van der Waals surface area contributed by atoms with Gasteiger partial charge in [-0.2, -0.15) is 11.8 Å². The molecule has 84 valence electrons. The van der Waals surface area contributed by atoms with Gasteiger partial charge < -0.3 is 5.32 Å². The molecule has 2 unspecified atom stereocenters. The highest BCUT2D eigenvalue weighted by atomic mass is 32.2. The molecule has 0 aliphatic carbocycles. The molecule has 2 nitrogen and oxygen atoms in total. The molecule has 1 aliphatic heterocycles. The Morgan fingerprint density at radius 1 is 1.67 bits per heavy atom. The predicted molar refractivity (Wildman–Crippen MR) is 68.7 cm³/mol. The Bertz CT molecular complexity index is 305. The van der Waals surface area contributed by atoms with Gasteiger partial charge in [0.05, 0.1) is 6.04 Å². The average Bonchev–Trinajstić information content (AvgIpc) is 2.84. The van der Waals surface area contributed by atoms with E-state index >= 15 is 0 Å². The number of aromatic nitrogens is 1. The lowest BCUT2D eigenvalue weighted by Crippen LogP contribution is -2.25. The fourth-order valence-electron chi connectivity index (χ4n) is 1.75. The molecule has 1 aromatic rings. The number of rotatable bonds is 4. The Hall–Kier alpha value is -0.0600. The van der Waals surface area contributed by atoms with E-state index in [0.29, 0.717) is 6.04 Å². The summed E-state index contributed by atoms with van der Waals surface area (Å²) in [5.41, 5.74) is 1.14. The Morgan fingerprint density at radius 2 is 2.53 bits per heavy atom. The minimum atomic E-state index is 0.411. The summed E-state index contributed by atoms with van der Waals surface area (Å²) in [7, 11) is 0. The highest BCUT2D eigenvalue weighted by Crippen LogP contribution is 2.24. The van der Waals surface area contributed by atoms with Gasteiger partial charge in [0.15, 0.2) is 0 Å². The molecule has 0 radical (unpaired) electrons. The van der Waals surface area contributed by atoms with Crippen molar-refractivity contribution in [2.24, 2.45) is 5.92 Å². The second-order valence-corrected chi connectivity index (χ2v) is 6.23. The van der Waals surface area contributed by atoms with Crippen molar-refractivity contribution >= 4 is 23.1 Å². The molecule has 4 heteroatoms. The van der Waals surface area contributed by atoms with Crippen LogP contribution in [0.1, 0.15) is 30.1 Å². The van der Waals surface area contributed by atoms with E-state index in [4.69, 9.17) is 0 Å². The minimum Gasteiger partial charge on any atom is -0.308 e. The van der Waals surface area contributed by atoms with Crippen molar-refractivity contribution in [1.29, 1.82) is 0 Å². The van der Waals surface area contributed by atoms with Gasteiger partial charge in [0.1, 0.15) is 5.01 Å². The Morgan fingerprint density at radius 3 is 3.13 bits per heavy atom. The maximum Gasteiger partial charge on any atom is 0.110 e. The third-order valence-corrected chi connectivity index (χ3v) is 5.12. The van der Waals surface area contributed by atoms with Crippen molar-refractivity contribution in [3.05, 3.63) is 16.1 Å². The van der Waals surface area contributed by atoms with E-state index in [1.165, 1.54) is 22.9 Å². The lowest BCUT2D eigenvalue weighted by atomic mass is 10.1. The predicted octanol–water partition coefficient (Wildman–Crippen LogP) is 2.86. The third kappa shape index (κ3) is 3.20. The van der Waals surface area contributed by atoms with Crippen LogP contribution >= 0.6 is 23.1 Å². The van der Waals surface area contributed by atoms with Crippen LogP contribution in [0.15, 0.2) is 5.38 Å². The lowest BCUT2D eigenvalue weighted by Gasteiger charge is -2.14. The largest absolute Gasteiger partial charge is 0.308 e. The van der Waals surface area contributed by atoms with Gasteiger partial charge in [-0.05, 0) is 44.2 Å². The minimum absolute atomic E-state index is 0.411. The van der Waals surface area contributed by atoms with E-state index in [1.807, 2.05) is 0 Å². The van der Waals surface area contributed by atoms with Crippen LogP contribution in [-0.2, 0) is 0 Å². The number of hydrogen-bond donors (Lipinski definition) is 1. The van der Waals surface area contributed by atoms with Crippen LogP contribution in [0.3, 0.4) is 0 Å². The average molecular weight is 242 g/mol. The molecule has 0 saturated carbocycles. The Kier molecular flexibility index (Phi) is 4.05. The van der Waals surface area contributed by atoms with Gasteiger partial charge in [0, 0.05) is 11.1 Å². The Balaban J connectivity index is 1.79. The summed E-state index contributed by atoms with van der Waals surface area (Å²) in [6.07, 6.45) is 1.38. The van der Waals surface area contributed by atoms with Gasteiger partial charge in [-0.3, -0.25) is 0 Å². The van der Waals surface area contributed by atoms with Gasteiger partial charge in [-0.1, -0.05) is 0 Å². The van der Waals surface area contributed by atoms with Gasteiger partial charge in [-0.25, -0.2) is 4.98 Å². The molecule has 1 N–H and O–H groups in total. The summed E-state index contributed by atoms with van der Waals surface area (Å²) in [5.74, 6) is 3.55. The zero-order chi connectivity index (χ0) is 10.7. The molecule has 1 aliphatic rings. The molecule has 1 aromatic heterocycles.